The van der Waals surface area contributed by atoms with Crippen LogP contribution in [-0.4, -0.2) is 24.5 Å². The summed E-state index contributed by atoms with van der Waals surface area (Å²) < 4.78 is 11.5. The van der Waals surface area contributed by atoms with Crippen LogP contribution >= 0.6 is 0 Å². The molecule has 0 unspecified atom stereocenters. The molecule has 2 aromatic carbocycles. The van der Waals surface area contributed by atoms with Crippen molar-refractivity contribution in [1.82, 2.24) is 5.32 Å². The fourth-order valence-corrected chi connectivity index (χ4v) is 3.32. The minimum Gasteiger partial charge on any atom is -0.488 e. The second-order valence-electron chi connectivity index (χ2n) is 6.95. The van der Waals surface area contributed by atoms with E-state index in [9.17, 15) is 9.59 Å². The molecule has 0 radical (unpaired) electrons. The second kappa shape index (κ2) is 7.38. The maximum atomic E-state index is 12.7. The van der Waals surface area contributed by atoms with Gasteiger partial charge >= 0.3 is 0 Å². The van der Waals surface area contributed by atoms with Crippen molar-refractivity contribution in [1.29, 1.82) is 0 Å². The molecule has 4 rings (SSSR count). The number of amides is 2. The molecular weight excluding hydrogens is 356 g/mol. The summed E-state index contributed by atoms with van der Waals surface area (Å²) in [6.07, 6.45) is 1.97. The lowest BCUT2D eigenvalue weighted by atomic mass is 10.0. The van der Waals surface area contributed by atoms with E-state index in [0.29, 0.717) is 23.4 Å². The lowest BCUT2D eigenvalue weighted by molar-refractivity contribution is -0.123. The van der Waals surface area contributed by atoms with Gasteiger partial charge in [-0.2, -0.15) is 0 Å². The Hall–Kier alpha value is -3.28. The summed E-state index contributed by atoms with van der Waals surface area (Å²) in [5.41, 5.74) is 3.03. The second-order valence-corrected chi connectivity index (χ2v) is 6.95. The molecule has 0 aliphatic carbocycles. The van der Waals surface area contributed by atoms with Crippen LogP contribution in [0.5, 0.6) is 11.5 Å². The Bertz CT molecular complexity index is 967. The molecule has 6 heteroatoms. The smallest absolute Gasteiger partial charge is 0.265 e. The topological polar surface area (TPSA) is 76.7 Å². The number of carbonyl (C=O) groups is 2. The van der Waals surface area contributed by atoms with Gasteiger partial charge in [0, 0.05) is 5.56 Å². The lowest BCUT2D eigenvalue weighted by Crippen LogP contribution is -2.36. The van der Waals surface area contributed by atoms with Crippen LogP contribution in [0, 0.1) is 0 Å². The highest BCUT2D eigenvalue weighted by atomic mass is 16.5. The predicted octanol–water partition coefficient (Wildman–Crippen LogP) is 3.45. The van der Waals surface area contributed by atoms with Crippen molar-refractivity contribution < 1.29 is 19.1 Å². The van der Waals surface area contributed by atoms with E-state index in [-0.39, 0.29) is 24.5 Å². The van der Waals surface area contributed by atoms with E-state index in [1.807, 2.05) is 56.3 Å². The first-order valence-corrected chi connectivity index (χ1v) is 9.40. The summed E-state index contributed by atoms with van der Waals surface area (Å²) in [6.45, 7) is 4.06. The standard InChI is InChI=1S/C22H22N2O4/c1-3-18-22(26)24-17-9-8-14(11-20(17)28-18)13(2)23-21(25)16-10-15-6-4-5-7-19(15)27-12-16/h4-11,13,18H,3,12H2,1-2H3,(H,23,25)(H,24,26)/t13-,18-/m0/s1. The molecule has 2 aromatic rings. The zero-order valence-electron chi connectivity index (χ0n) is 15.8. The van der Waals surface area contributed by atoms with E-state index in [1.54, 1.807) is 6.07 Å². The Morgan fingerprint density at radius 3 is 2.89 bits per heavy atom. The van der Waals surface area contributed by atoms with E-state index in [2.05, 4.69) is 10.6 Å². The van der Waals surface area contributed by atoms with Crippen molar-refractivity contribution in [2.45, 2.75) is 32.4 Å². The van der Waals surface area contributed by atoms with E-state index in [1.165, 1.54) is 0 Å². The molecule has 0 bridgehead atoms. The Labute approximate surface area is 163 Å². The molecule has 0 spiro atoms. The molecule has 2 atom stereocenters. The van der Waals surface area contributed by atoms with Gasteiger partial charge in [-0.05, 0) is 43.2 Å². The van der Waals surface area contributed by atoms with E-state index >= 15 is 0 Å². The van der Waals surface area contributed by atoms with Gasteiger partial charge in [-0.25, -0.2) is 0 Å². The summed E-state index contributed by atoms with van der Waals surface area (Å²) in [7, 11) is 0. The van der Waals surface area contributed by atoms with Crippen LogP contribution in [0.25, 0.3) is 6.08 Å². The Balaban J connectivity index is 1.49. The van der Waals surface area contributed by atoms with Gasteiger partial charge in [0.25, 0.3) is 11.8 Å². The number of para-hydroxylation sites is 1. The quantitative estimate of drug-likeness (QED) is 0.854. The first-order valence-electron chi connectivity index (χ1n) is 9.40. The number of carbonyl (C=O) groups excluding carboxylic acids is 2. The molecular formula is C22H22N2O4. The van der Waals surface area contributed by atoms with Gasteiger partial charge in [0.15, 0.2) is 6.10 Å². The minimum absolute atomic E-state index is 0.131. The third-order valence-corrected chi connectivity index (χ3v) is 4.97. The monoisotopic (exact) mass is 378 g/mol. The number of anilines is 1. The third kappa shape index (κ3) is 3.45. The molecule has 0 saturated carbocycles. The van der Waals surface area contributed by atoms with Crippen LogP contribution in [0.4, 0.5) is 5.69 Å². The van der Waals surface area contributed by atoms with E-state index < -0.39 is 6.10 Å². The van der Waals surface area contributed by atoms with E-state index in [4.69, 9.17) is 9.47 Å². The molecule has 2 aliphatic rings. The van der Waals surface area contributed by atoms with Gasteiger partial charge in [0.05, 0.1) is 17.3 Å². The van der Waals surface area contributed by atoms with Gasteiger partial charge in [0.2, 0.25) is 0 Å². The molecule has 2 N–H and O–H groups in total. The first-order chi connectivity index (χ1) is 13.5. The molecule has 28 heavy (non-hydrogen) atoms. The van der Waals surface area contributed by atoms with Crippen LogP contribution in [-0.2, 0) is 9.59 Å². The van der Waals surface area contributed by atoms with E-state index in [0.717, 1.165) is 16.9 Å². The van der Waals surface area contributed by atoms with Gasteiger partial charge < -0.3 is 20.1 Å². The van der Waals surface area contributed by atoms with Crippen LogP contribution in [0.2, 0.25) is 0 Å². The fraction of sp³-hybridized carbons (Fsp3) is 0.273. The highest BCUT2D eigenvalue weighted by Crippen LogP contribution is 2.33. The van der Waals surface area contributed by atoms with Crippen LogP contribution in [0.1, 0.15) is 37.4 Å². The Kier molecular flexibility index (Phi) is 4.77. The summed E-state index contributed by atoms with van der Waals surface area (Å²) >= 11 is 0. The minimum atomic E-state index is -0.489. The number of ether oxygens (including phenoxy) is 2. The largest absolute Gasteiger partial charge is 0.488 e. The molecule has 0 fully saturated rings. The van der Waals surface area contributed by atoms with Gasteiger partial charge in [-0.1, -0.05) is 31.2 Å². The SMILES string of the molecule is CC[C@@H]1Oc2cc([C@H](C)NC(=O)C3=Cc4ccccc4OC3)ccc2NC1=O. The average molecular weight is 378 g/mol. The maximum absolute atomic E-state index is 12.7. The fourth-order valence-electron chi connectivity index (χ4n) is 3.32. The molecule has 2 amide bonds. The van der Waals surface area contributed by atoms with Gasteiger partial charge in [-0.3, -0.25) is 9.59 Å². The van der Waals surface area contributed by atoms with Crippen molar-refractivity contribution in [2.75, 3.05) is 11.9 Å². The van der Waals surface area contributed by atoms with Crippen LogP contribution < -0.4 is 20.1 Å². The molecule has 2 aliphatic heterocycles. The highest BCUT2D eigenvalue weighted by Gasteiger charge is 2.27. The van der Waals surface area contributed by atoms with Crippen molar-refractivity contribution in [3.8, 4) is 11.5 Å². The zero-order valence-corrected chi connectivity index (χ0v) is 15.8. The summed E-state index contributed by atoms with van der Waals surface area (Å²) in [5.74, 6) is 1.11. The van der Waals surface area contributed by atoms with Crippen LogP contribution in [0.15, 0.2) is 48.0 Å². The van der Waals surface area contributed by atoms with Crippen molar-refractivity contribution >= 4 is 23.6 Å². The highest BCUT2D eigenvalue weighted by molar-refractivity contribution is 5.99. The number of fused-ring (bicyclic) bond motifs is 2. The number of hydrogen-bond donors (Lipinski definition) is 2. The number of hydrogen-bond acceptors (Lipinski definition) is 4. The zero-order chi connectivity index (χ0) is 19.7. The summed E-state index contributed by atoms with van der Waals surface area (Å²) in [6, 6.07) is 12.9. The summed E-state index contributed by atoms with van der Waals surface area (Å²) in [5, 5.41) is 5.86. The normalized spacial score (nSPS) is 18.4. The Morgan fingerprint density at radius 1 is 1.25 bits per heavy atom. The lowest BCUT2D eigenvalue weighted by Gasteiger charge is -2.26. The predicted molar refractivity (Wildman–Crippen MR) is 106 cm³/mol. The van der Waals surface area contributed by atoms with Crippen molar-refractivity contribution in [3.63, 3.8) is 0 Å². The number of nitrogens with one attached hydrogen (secondary N) is 2. The number of rotatable bonds is 4. The Morgan fingerprint density at radius 2 is 2.07 bits per heavy atom. The van der Waals surface area contributed by atoms with Gasteiger partial charge in [-0.15, -0.1) is 0 Å². The first kappa shape index (κ1) is 18.1. The molecule has 6 nitrogen and oxygen atoms in total. The third-order valence-electron chi connectivity index (χ3n) is 4.97. The average Bonchev–Trinajstić information content (AvgIpc) is 2.72. The molecule has 0 aromatic heterocycles. The molecule has 2 heterocycles. The van der Waals surface area contributed by atoms with Gasteiger partial charge in [0.1, 0.15) is 18.1 Å². The van der Waals surface area contributed by atoms with Crippen molar-refractivity contribution in [2.24, 2.45) is 0 Å². The summed E-state index contributed by atoms with van der Waals surface area (Å²) in [4.78, 5) is 24.6. The maximum Gasteiger partial charge on any atom is 0.265 e. The number of benzene rings is 2. The molecule has 144 valence electrons. The molecule has 0 saturated heterocycles. The van der Waals surface area contributed by atoms with Crippen LogP contribution in [0.3, 0.4) is 0 Å². The van der Waals surface area contributed by atoms with Crippen molar-refractivity contribution in [3.05, 3.63) is 59.2 Å².